The van der Waals surface area contributed by atoms with Crippen LogP contribution in [0.4, 0.5) is 0 Å². The molecule has 3 aromatic rings. The van der Waals surface area contributed by atoms with Crippen LogP contribution in [0.3, 0.4) is 0 Å². The van der Waals surface area contributed by atoms with Gasteiger partial charge in [-0.2, -0.15) is 5.10 Å². The number of rotatable bonds is 4. The van der Waals surface area contributed by atoms with Crippen LogP contribution in [0.5, 0.6) is 0 Å². The highest BCUT2D eigenvalue weighted by atomic mass is 35.5. The SMILES string of the molecule is Cc1ccc([C@H]2CONC(c3c(Sc4cc(Cl)ccc4Cl)nnc(C)c3C)=N2)s1. The van der Waals surface area contributed by atoms with E-state index in [1.807, 2.05) is 19.9 Å². The second-order valence-electron chi connectivity index (χ2n) is 6.62. The van der Waals surface area contributed by atoms with Crippen molar-refractivity contribution in [1.29, 1.82) is 0 Å². The molecule has 5 nitrogen and oxygen atoms in total. The van der Waals surface area contributed by atoms with Crippen molar-refractivity contribution < 1.29 is 4.84 Å². The molecule has 3 heterocycles. The Labute approximate surface area is 187 Å². The summed E-state index contributed by atoms with van der Waals surface area (Å²) < 4.78 is 0. The van der Waals surface area contributed by atoms with E-state index in [0.29, 0.717) is 27.5 Å². The smallest absolute Gasteiger partial charge is 0.156 e. The minimum Gasteiger partial charge on any atom is -0.272 e. The topological polar surface area (TPSA) is 59.4 Å². The molecule has 0 spiro atoms. The van der Waals surface area contributed by atoms with Gasteiger partial charge in [-0.25, -0.2) is 5.48 Å². The molecule has 1 aliphatic rings. The Kier molecular flexibility index (Phi) is 6.13. The van der Waals surface area contributed by atoms with Crippen molar-refractivity contribution in [3.63, 3.8) is 0 Å². The molecule has 0 amide bonds. The lowest BCUT2D eigenvalue weighted by molar-refractivity contribution is 0.0627. The number of benzene rings is 1. The standard InChI is InChI=1S/C20H18Cl2N4OS2/c1-10-4-7-16(28-10)15-9-27-26-19(23-15)18-11(2)12(3)24-25-20(18)29-17-8-13(21)5-6-14(17)22/h4-8,15H,9H2,1-3H3,(H,23,26)/t15-/m1/s1. The molecule has 2 aromatic heterocycles. The first kappa shape index (κ1) is 20.6. The van der Waals surface area contributed by atoms with Crippen LogP contribution in [0.2, 0.25) is 10.0 Å². The number of hydroxylamine groups is 1. The number of hydrogen-bond acceptors (Lipinski definition) is 7. The molecule has 1 aromatic carbocycles. The lowest BCUT2D eigenvalue weighted by Gasteiger charge is -2.23. The molecule has 4 rings (SSSR count). The zero-order valence-corrected chi connectivity index (χ0v) is 19.1. The third kappa shape index (κ3) is 4.44. The lowest BCUT2D eigenvalue weighted by Crippen LogP contribution is -2.33. The number of hydrogen-bond donors (Lipinski definition) is 1. The van der Waals surface area contributed by atoms with Crippen LogP contribution in [0, 0.1) is 20.8 Å². The molecule has 1 N–H and O–H groups in total. The van der Waals surface area contributed by atoms with Crippen molar-refractivity contribution in [2.45, 2.75) is 36.7 Å². The quantitative estimate of drug-likeness (QED) is 0.517. The predicted octanol–water partition coefficient (Wildman–Crippen LogP) is 5.94. The second kappa shape index (κ2) is 8.62. The Morgan fingerprint density at radius 3 is 2.72 bits per heavy atom. The Balaban J connectivity index is 1.77. The minimum absolute atomic E-state index is 0.0644. The third-order valence-corrected chi connectivity index (χ3v) is 7.36. The summed E-state index contributed by atoms with van der Waals surface area (Å²) in [5, 5.41) is 10.6. The third-order valence-electron chi connectivity index (χ3n) is 4.54. The second-order valence-corrected chi connectivity index (χ2v) is 9.82. The number of halogens is 2. The summed E-state index contributed by atoms with van der Waals surface area (Å²) in [6.07, 6.45) is 0. The molecule has 1 aliphatic heterocycles. The molecule has 0 saturated heterocycles. The van der Waals surface area contributed by atoms with Gasteiger partial charge in [0.1, 0.15) is 17.7 Å². The highest BCUT2D eigenvalue weighted by Gasteiger charge is 2.25. The van der Waals surface area contributed by atoms with Crippen molar-refractivity contribution in [2.24, 2.45) is 4.99 Å². The molecule has 150 valence electrons. The summed E-state index contributed by atoms with van der Waals surface area (Å²) in [4.78, 5) is 13.8. The van der Waals surface area contributed by atoms with Gasteiger partial charge in [0.2, 0.25) is 0 Å². The van der Waals surface area contributed by atoms with Gasteiger partial charge in [-0.15, -0.1) is 16.4 Å². The number of aromatic nitrogens is 2. The van der Waals surface area contributed by atoms with Gasteiger partial charge in [0.15, 0.2) is 5.84 Å². The van der Waals surface area contributed by atoms with Gasteiger partial charge in [-0.1, -0.05) is 35.0 Å². The Hall–Kier alpha value is -1.64. The fourth-order valence-electron chi connectivity index (χ4n) is 2.90. The zero-order chi connectivity index (χ0) is 20.5. The van der Waals surface area contributed by atoms with E-state index in [2.05, 4.69) is 34.7 Å². The maximum atomic E-state index is 6.36. The van der Waals surface area contributed by atoms with Crippen LogP contribution in [0.25, 0.3) is 0 Å². The Bertz CT molecular complexity index is 1100. The van der Waals surface area contributed by atoms with Gasteiger partial charge in [-0.3, -0.25) is 9.83 Å². The van der Waals surface area contributed by atoms with E-state index in [4.69, 9.17) is 33.0 Å². The molecule has 1 atom stereocenters. The highest BCUT2D eigenvalue weighted by Crippen LogP contribution is 2.37. The molecule has 0 saturated carbocycles. The largest absolute Gasteiger partial charge is 0.272 e. The number of nitrogens with one attached hydrogen (secondary N) is 1. The molecule has 0 bridgehead atoms. The summed E-state index contributed by atoms with van der Waals surface area (Å²) in [5.41, 5.74) is 5.65. The van der Waals surface area contributed by atoms with Crippen LogP contribution >= 0.6 is 46.3 Å². The Morgan fingerprint density at radius 1 is 1.14 bits per heavy atom. The van der Waals surface area contributed by atoms with Crippen LogP contribution in [0.15, 0.2) is 45.2 Å². The lowest BCUT2D eigenvalue weighted by atomic mass is 10.1. The first-order chi connectivity index (χ1) is 13.9. The first-order valence-electron chi connectivity index (χ1n) is 8.91. The summed E-state index contributed by atoms with van der Waals surface area (Å²) in [6, 6.07) is 9.49. The van der Waals surface area contributed by atoms with Crippen molar-refractivity contribution in [1.82, 2.24) is 15.7 Å². The normalized spacial score (nSPS) is 16.4. The fraction of sp³-hybridized carbons (Fsp3) is 0.250. The van der Waals surface area contributed by atoms with E-state index in [-0.39, 0.29) is 6.04 Å². The summed E-state index contributed by atoms with van der Waals surface area (Å²) >= 11 is 15.7. The molecule has 29 heavy (non-hydrogen) atoms. The van der Waals surface area contributed by atoms with Crippen LogP contribution in [-0.2, 0) is 4.84 Å². The van der Waals surface area contributed by atoms with E-state index < -0.39 is 0 Å². The van der Waals surface area contributed by atoms with Crippen molar-refractivity contribution >= 4 is 52.1 Å². The van der Waals surface area contributed by atoms with Gasteiger partial charge in [-0.05, 0) is 56.7 Å². The Morgan fingerprint density at radius 2 is 1.97 bits per heavy atom. The minimum atomic E-state index is -0.0644. The van der Waals surface area contributed by atoms with Gasteiger partial charge < -0.3 is 0 Å². The summed E-state index contributed by atoms with van der Waals surface area (Å²) in [6.45, 7) is 6.50. The molecule has 9 heteroatoms. The molecular weight excluding hydrogens is 447 g/mol. The number of amidine groups is 1. The van der Waals surface area contributed by atoms with Crippen LogP contribution < -0.4 is 5.48 Å². The van der Waals surface area contributed by atoms with E-state index in [0.717, 1.165) is 21.7 Å². The summed E-state index contributed by atoms with van der Waals surface area (Å²) in [7, 11) is 0. The van der Waals surface area contributed by atoms with E-state index in [9.17, 15) is 0 Å². The van der Waals surface area contributed by atoms with Crippen molar-refractivity contribution in [3.8, 4) is 0 Å². The number of thiophene rings is 1. The van der Waals surface area contributed by atoms with Gasteiger partial charge in [0, 0.05) is 19.7 Å². The van der Waals surface area contributed by atoms with Crippen molar-refractivity contribution in [3.05, 3.63) is 67.0 Å². The average molecular weight is 465 g/mol. The van der Waals surface area contributed by atoms with Crippen LogP contribution in [0.1, 0.15) is 32.6 Å². The zero-order valence-electron chi connectivity index (χ0n) is 16.0. The van der Waals surface area contributed by atoms with E-state index >= 15 is 0 Å². The highest BCUT2D eigenvalue weighted by molar-refractivity contribution is 7.99. The molecule has 0 aliphatic carbocycles. The van der Waals surface area contributed by atoms with Gasteiger partial charge in [0.25, 0.3) is 0 Å². The molecule has 0 fully saturated rings. The monoisotopic (exact) mass is 464 g/mol. The van der Waals surface area contributed by atoms with Crippen LogP contribution in [-0.4, -0.2) is 22.6 Å². The molecule has 0 radical (unpaired) electrons. The number of aryl methyl sites for hydroxylation is 2. The fourth-order valence-corrected chi connectivity index (χ4v) is 5.26. The van der Waals surface area contributed by atoms with E-state index in [1.165, 1.54) is 21.5 Å². The predicted molar refractivity (Wildman–Crippen MR) is 120 cm³/mol. The average Bonchev–Trinajstić information content (AvgIpc) is 3.14. The van der Waals surface area contributed by atoms with E-state index in [1.54, 1.807) is 23.5 Å². The first-order valence-corrected chi connectivity index (χ1v) is 11.3. The number of nitrogens with zero attached hydrogens (tertiary/aromatic N) is 3. The summed E-state index contributed by atoms with van der Waals surface area (Å²) in [5.74, 6) is 0.642. The maximum absolute atomic E-state index is 6.36. The molecule has 0 unspecified atom stereocenters. The van der Waals surface area contributed by atoms with Gasteiger partial charge in [0.05, 0.1) is 16.3 Å². The van der Waals surface area contributed by atoms with Gasteiger partial charge >= 0.3 is 0 Å². The maximum Gasteiger partial charge on any atom is 0.156 e. The molecular formula is C20H18Cl2N4OS2. The van der Waals surface area contributed by atoms with Crippen molar-refractivity contribution in [2.75, 3.05) is 6.61 Å². The number of aliphatic imine (C=N–C) groups is 1.